The molecule has 0 atom stereocenters. The summed E-state index contributed by atoms with van der Waals surface area (Å²) in [7, 11) is 0. The Morgan fingerprint density at radius 1 is 1.11 bits per heavy atom. The fourth-order valence-corrected chi connectivity index (χ4v) is 4.70. The SMILES string of the molecule is CC(C)Nc1nccc(-c2[nH]c(C3OCC(C)(C(=O)N4CCCCC4)CO3)nc2-c2ccc(F)cc2)n1. The lowest BCUT2D eigenvalue weighted by molar-refractivity contribution is -0.234. The van der Waals surface area contributed by atoms with E-state index in [1.165, 1.54) is 12.1 Å². The van der Waals surface area contributed by atoms with Gasteiger partial charge in [-0.05, 0) is 70.4 Å². The second kappa shape index (κ2) is 10.5. The van der Waals surface area contributed by atoms with Gasteiger partial charge in [0.1, 0.15) is 5.82 Å². The number of rotatable bonds is 6. The molecular formula is C27H33FN6O3. The van der Waals surface area contributed by atoms with Crippen molar-refractivity contribution in [3.63, 3.8) is 0 Å². The molecule has 1 aromatic carbocycles. The number of carbonyl (C=O) groups is 1. The quantitative estimate of drug-likeness (QED) is 0.503. The Kier molecular flexibility index (Phi) is 7.21. The Hall–Kier alpha value is -3.37. The van der Waals surface area contributed by atoms with Crippen LogP contribution < -0.4 is 5.32 Å². The van der Waals surface area contributed by atoms with Crippen LogP contribution in [0.4, 0.5) is 10.3 Å². The van der Waals surface area contributed by atoms with E-state index in [1.807, 2.05) is 25.7 Å². The molecule has 10 heteroatoms. The van der Waals surface area contributed by atoms with Gasteiger partial charge in [0.2, 0.25) is 18.1 Å². The zero-order valence-corrected chi connectivity index (χ0v) is 21.5. The number of aromatic nitrogens is 4. The van der Waals surface area contributed by atoms with Gasteiger partial charge in [0.15, 0.2) is 5.82 Å². The van der Waals surface area contributed by atoms with Crippen LogP contribution in [-0.4, -0.2) is 63.1 Å². The fraction of sp³-hybridized carbons (Fsp3) is 0.481. The first-order chi connectivity index (χ1) is 17.8. The predicted molar refractivity (Wildman–Crippen MR) is 137 cm³/mol. The van der Waals surface area contributed by atoms with Crippen LogP contribution in [-0.2, 0) is 14.3 Å². The zero-order chi connectivity index (χ0) is 26.0. The number of benzene rings is 1. The Morgan fingerprint density at radius 3 is 2.49 bits per heavy atom. The Labute approximate surface area is 215 Å². The molecule has 2 aromatic heterocycles. The number of amides is 1. The van der Waals surface area contributed by atoms with Crippen LogP contribution in [0.5, 0.6) is 0 Å². The van der Waals surface area contributed by atoms with Crippen molar-refractivity contribution >= 4 is 11.9 Å². The smallest absolute Gasteiger partial charge is 0.233 e. The zero-order valence-electron chi connectivity index (χ0n) is 21.5. The molecule has 0 unspecified atom stereocenters. The number of carbonyl (C=O) groups excluding carboxylic acids is 1. The van der Waals surface area contributed by atoms with E-state index in [9.17, 15) is 9.18 Å². The third-order valence-corrected chi connectivity index (χ3v) is 6.66. The van der Waals surface area contributed by atoms with E-state index in [0.717, 1.165) is 37.9 Å². The van der Waals surface area contributed by atoms with Crippen molar-refractivity contribution in [1.29, 1.82) is 0 Å². The van der Waals surface area contributed by atoms with Crippen LogP contribution in [0.15, 0.2) is 36.5 Å². The Bertz CT molecular complexity index is 1230. The van der Waals surface area contributed by atoms with Crippen molar-refractivity contribution in [1.82, 2.24) is 24.8 Å². The van der Waals surface area contributed by atoms with Crippen molar-refractivity contribution in [2.75, 3.05) is 31.6 Å². The monoisotopic (exact) mass is 508 g/mol. The van der Waals surface area contributed by atoms with Crippen LogP contribution in [0, 0.1) is 11.2 Å². The predicted octanol–water partition coefficient (Wildman–Crippen LogP) is 4.56. The number of hydrogen-bond acceptors (Lipinski definition) is 7. The molecule has 2 saturated heterocycles. The number of hydrogen-bond donors (Lipinski definition) is 2. The van der Waals surface area contributed by atoms with Gasteiger partial charge in [-0.3, -0.25) is 4.79 Å². The first-order valence-electron chi connectivity index (χ1n) is 12.8. The molecule has 0 spiro atoms. The van der Waals surface area contributed by atoms with Crippen LogP contribution in [0.25, 0.3) is 22.6 Å². The van der Waals surface area contributed by atoms with Gasteiger partial charge in [0.05, 0.1) is 35.7 Å². The second-order valence-electron chi connectivity index (χ2n) is 10.3. The molecular weight excluding hydrogens is 475 g/mol. The van der Waals surface area contributed by atoms with Gasteiger partial charge in [-0.25, -0.2) is 19.3 Å². The van der Waals surface area contributed by atoms with Crippen molar-refractivity contribution in [3.05, 3.63) is 48.2 Å². The van der Waals surface area contributed by atoms with Gasteiger partial charge in [-0.2, -0.15) is 0 Å². The van der Waals surface area contributed by atoms with E-state index in [-0.39, 0.29) is 31.0 Å². The van der Waals surface area contributed by atoms with Gasteiger partial charge in [0.25, 0.3) is 0 Å². The molecule has 2 N–H and O–H groups in total. The molecule has 0 aliphatic carbocycles. The summed E-state index contributed by atoms with van der Waals surface area (Å²) >= 11 is 0. The maximum atomic E-state index is 13.6. The standard InChI is InChI=1S/C27H33FN6O3/c1-17(2)30-26-29-12-11-20(31-26)22-21(18-7-9-19(28)10-8-18)32-23(33-22)24-36-15-27(3,16-37-24)25(35)34-13-5-4-6-14-34/h7-12,17,24H,4-6,13-16H2,1-3H3,(H,32,33)(H,29,30,31). The summed E-state index contributed by atoms with van der Waals surface area (Å²) in [6, 6.07) is 8.07. The molecule has 2 aliphatic rings. The molecule has 1 amide bonds. The maximum absolute atomic E-state index is 13.6. The van der Waals surface area contributed by atoms with Crippen molar-refractivity contribution in [2.24, 2.45) is 5.41 Å². The van der Waals surface area contributed by atoms with Gasteiger partial charge in [-0.15, -0.1) is 0 Å². The summed E-state index contributed by atoms with van der Waals surface area (Å²) in [5.41, 5.74) is 1.83. The fourth-order valence-electron chi connectivity index (χ4n) is 4.70. The first-order valence-corrected chi connectivity index (χ1v) is 12.8. The van der Waals surface area contributed by atoms with Crippen molar-refractivity contribution < 1.29 is 18.7 Å². The number of ether oxygens (including phenoxy) is 2. The highest BCUT2D eigenvalue weighted by atomic mass is 19.1. The molecule has 5 rings (SSSR count). The van der Waals surface area contributed by atoms with Gasteiger partial charge < -0.3 is 24.7 Å². The average molecular weight is 509 g/mol. The molecule has 0 bridgehead atoms. The first kappa shape index (κ1) is 25.3. The molecule has 0 radical (unpaired) electrons. The van der Waals surface area contributed by atoms with Crippen molar-refractivity contribution in [3.8, 4) is 22.6 Å². The minimum absolute atomic E-state index is 0.0731. The molecule has 196 valence electrons. The molecule has 4 heterocycles. The third kappa shape index (κ3) is 5.50. The van der Waals surface area contributed by atoms with E-state index in [0.29, 0.717) is 28.9 Å². The minimum Gasteiger partial charge on any atom is -0.352 e. The second-order valence-corrected chi connectivity index (χ2v) is 10.3. The van der Waals surface area contributed by atoms with Crippen LogP contribution in [0.2, 0.25) is 0 Å². The molecule has 0 saturated carbocycles. The minimum atomic E-state index is -0.773. The van der Waals surface area contributed by atoms with Gasteiger partial charge in [-0.1, -0.05) is 0 Å². The largest absolute Gasteiger partial charge is 0.352 e. The molecule has 2 fully saturated rings. The highest BCUT2D eigenvalue weighted by Crippen LogP contribution is 2.36. The summed E-state index contributed by atoms with van der Waals surface area (Å²) in [5.74, 6) is 0.691. The molecule has 3 aromatic rings. The molecule has 2 aliphatic heterocycles. The number of likely N-dealkylation sites (tertiary alicyclic amines) is 1. The topological polar surface area (TPSA) is 105 Å². The number of anilines is 1. The Balaban J connectivity index is 1.41. The van der Waals surface area contributed by atoms with E-state index in [4.69, 9.17) is 14.5 Å². The van der Waals surface area contributed by atoms with Crippen LogP contribution >= 0.6 is 0 Å². The van der Waals surface area contributed by atoms with Crippen LogP contribution in [0.1, 0.15) is 52.1 Å². The van der Waals surface area contributed by atoms with E-state index in [2.05, 4.69) is 20.3 Å². The van der Waals surface area contributed by atoms with Gasteiger partial charge >= 0.3 is 0 Å². The number of aromatic amines is 1. The number of nitrogens with zero attached hydrogens (tertiary/aromatic N) is 4. The normalized spacial score (nSPS) is 22.3. The number of piperidine rings is 1. The lowest BCUT2D eigenvalue weighted by Gasteiger charge is -2.40. The third-order valence-electron chi connectivity index (χ3n) is 6.66. The van der Waals surface area contributed by atoms with Gasteiger partial charge in [0, 0.05) is 30.9 Å². The number of imidazole rings is 1. The van der Waals surface area contributed by atoms with E-state index < -0.39 is 11.7 Å². The van der Waals surface area contributed by atoms with Crippen molar-refractivity contribution in [2.45, 2.75) is 52.4 Å². The summed E-state index contributed by atoms with van der Waals surface area (Å²) in [4.78, 5) is 32.1. The maximum Gasteiger partial charge on any atom is 0.233 e. The molecule has 9 nitrogen and oxygen atoms in total. The lowest BCUT2D eigenvalue weighted by Crippen LogP contribution is -2.51. The number of halogens is 1. The average Bonchev–Trinajstić information content (AvgIpc) is 3.35. The lowest BCUT2D eigenvalue weighted by atomic mass is 9.89. The summed E-state index contributed by atoms with van der Waals surface area (Å²) in [5, 5.41) is 3.21. The highest BCUT2D eigenvalue weighted by molar-refractivity contribution is 5.83. The Morgan fingerprint density at radius 2 is 1.81 bits per heavy atom. The number of nitrogens with one attached hydrogen (secondary N) is 2. The summed E-state index contributed by atoms with van der Waals surface area (Å²) in [6.45, 7) is 7.93. The van der Waals surface area contributed by atoms with E-state index >= 15 is 0 Å². The number of H-pyrrole nitrogens is 1. The summed E-state index contributed by atoms with van der Waals surface area (Å²) < 4.78 is 25.8. The molecule has 37 heavy (non-hydrogen) atoms. The summed E-state index contributed by atoms with van der Waals surface area (Å²) in [6.07, 6.45) is 4.13. The van der Waals surface area contributed by atoms with E-state index in [1.54, 1.807) is 24.4 Å². The highest BCUT2D eigenvalue weighted by Gasteiger charge is 2.43. The van der Waals surface area contributed by atoms with Crippen LogP contribution in [0.3, 0.4) is 0 Å².